The molecule has 160 valence electrons. The molecule has 0 aliphatic rings. The van der Waals surface area contributed by atoms with Gasteiger partial charge in [-0.2, -0.15) is 13.2 Å². The number of ether oxygens (including phenoxy) is 1. The van der Waals surface area contributed by atoms with Crippen LogP contribution in [-0.2, 0) is 11.0 Å². The number of benzene rings is 3. The molecule has 0 saturated carbocycles. The molecule has 31 heavy (non-hydrogen) atoms. The number of hydrogen-bond acceptors (Lipinski definition) is 3. The van der Waals surface area contributed by atoms with Gasteiger partial charge in [0.25, 0.3) is 5.91 Å². The maximum atomic E-state index is 12.9. The molecule has 0 spiro atoms. The lowest BCUT2D eigenvalue weighted by atomic mass is 10.2. The molecule has 0 bridgehead atoms. The number of carbonyl (C=O) groups is 1. The van der Waals surface area contributed by atoms with E-state index in [2.05, 4.69) is 10.3 Å². The van der Waals surface area contributed by atoms with Crippen LogP contribution in [0.3, 0.4) is 0 Å². The summed E-state index contributed by atoms with van der Waals surface area (Å²) in [7, 11) is 0. The highest BCUT2D eigenvalue weighted by atomic mass is 35.5. The largest absolute Gasteiger partial charge is 0.484 e. The molecule has 3 rings (SSSR count). The number of carbonyl (C=O) groups excluding carboxylic acids is 1. The second kappa shape index (κ2) is 9.85. The first-order valence-corrected chi connectivity index (χ1v) is 9.66. The van der Waals surface area contributed by atoms with Gasteiger partial charge in [0.05, 0.1) is 27.0 Å². The molecule has 0 aromatic heterocycles. The number of halogens is 5. The zero-order chi connectivity index (χ0) is 22.4. The van der Waals surface area contributed by atoms with E-state index in [0.29, 0.717) is 22.0 Å². The van der Waals surface area contributed by atoms with Crippen LogP contribution in [0.5, 0.6) is 5.75 Å². The molecule has 0 aliphatic heterocycles. The van der Waals surface area contributed by atoms with Gasteiger partial charge in [-0.15, -0.1) is 0 Å². The van der Waals surface area contributed by atoms with Gasteiger partial charge in [-0.1, -0.05) is 35.3 Å². The minimum absolute atomic E-state index is 0.119. The van der Waals surface area contributed by atoms with Crippen molar-refractivity contribution in [3.63, 3.8) is 0 Å². The lowest BCUT2D eigenvalue weighted by Crippen LogP contribution is -2.20. The molecule has 0 saturated heterocycles. The van der Waals surface area contributed by atoms with Crippen molar-refractivity contribution in [1.82, 2.24) is 0 Å². The van der Waals surface area contributed by atoms with E-state index in [1.807, 2.05) is 0 Å². The summed E-state index contributed by atoms with van der Waals surface area (Å²) in [5, 5.41) is 2.68. The third-order valence-electron chi connectivity index (χ3n) is 4.02. The molecule has 0 atom stereocenters. The van der Waals surface area contributed by atoms with Crippen molar-refractivity contribution in [2.75, 3.05) is 11.9 Å². The van der Waals surface area contributed by atoms with E-state index in [1.54, 1.807) is 48.5 Å². The van der Waals surface area contributed by atoms with Crippen LogP contribution in [0.25, 0.3) is 0 Å². The molecule has 1 N–H and O–H groups in total. The van der Waals surface area contributed by atoms with Crippen LogP contribution in [0.15, 0.2) is 71.7 Å². The van der Waals surface area contributed by atoms with Gasteiger partial charge in [0, 0.05) is 6.21 Å². The molecular formula is C22H15Cl2F3N2O2. The van der Waals surface area contributed by atoms with Crippen molar-refractivity contribution in [2.45, 2.75) is 6.18 Å². The maximum absolute atomic E-state index is 12.9. The fraction of sp³-hybridized carbons (Fsp3) is 0.0909. The molecule has 3 aromatic carbocycles. The zero-order valence-electron chi connectivity index (χ0n) is 15.8. The maximum Gasteiger partial charge on any atom is 0.417 e. The lowest BCUT2D eigenvalue weighted by Gasteiger charge is -2.09. The van der Waals surface area contributed by atoms with E-state index in [9.17, 15) is 18.0 Å². The lowest BCUT2D eigenvalue weighted by molar-refractivity contribution is -0.137. The van der Waals surface area contributed by atoms with Gasteiger partial charge in [0.2, 0.25) is 0 Å². The van der Waals surface area contributed by atoms with Gasteiger partial charge >= 0.3 is 6.18 Å². The first-order valence-electron chi connectivity index (χ1n) is 8.90. The Morgan fingerprint density at radius 1 is 1.00 bits per heavy atom. The van der Waals surface area contributed by atoms with E-state index in [-0.39, 0.29) is 23.2 Å². The Morgan fingerprint density at radius 2 is 1.71 bits per heavy atom. The smallest absolute Gasteiger partial charge is 0.417 e. The number of nitrogens with zero attached hydrogens (tertiary/aromatic N) is 1. The van der Waals surface area contributed by atoms with Crippen LogP contribution in [0, 0.1) is 0 Å². The van der Waals surface area contributed by atoms with Gasteiger partial charge in [-0.05, 0) is 60.2 Å². The Balaban J connectivity index is 1.58. The van der Waals surface area contributed by atoms with Crippen LogP contribution in [0.2, 0.25) is 10.0 Å². The Kier molecular flexibility index (Phi) is 7.20. The SMILES string of the molecule is O=C(COc1ccc(C=Nc2ccc(Cl)c(C(F)(F)F)c2)cc1)Nc1ccccc1Cl. The topological polar surface area (TPSA) is 50.7 Å². The quantitative estimate of drug-likeness (QED) is 0.407. The van der Waals surface area contributed by atoms with Gasteiger partial charge in [0.15, 0.2) is 6.61 Å². The number of amides is 1. The molecule has 9 heteroatoms. The van der Waals surface area contributed by atoms with Crippen LogP contribution < -0.4 is 10.1 Å². The molecule has 4 nitrogen and oxygen atoms in total. The predicted molar refractivity (Wildman–Crippen MR) is 116 cm³/mol. The molecule has 0 unspecified atom stereocenters. The number of hydrogen-bond donors (Lipinski definition) is 1. The Hall–Kier alpha value is -3.03. The first-order chi connectivity index (χ1) is 14.7. The number of alkyl halides is 3. The van der Waals surface area contributed by atoms with Crippen molar-refractivity contribution in [3.8, 4) is 5.75 Å². The third-order valence-corrected chi connectivity index (χ3v) is 4.68. The summed E-state index contributed by atoms with van der Waals surface area (Å²) >= 11 is 11.6. The second-order valence-electron chi connectivity index (χ2n) is 6.31. The minimum Gasteiger partial charge on any atom is -0.484 e. The number of anilines is 1. The third kappa shape index (κ3) is 6.47. The molecule has 1 amide bonds. The van der Waals surface area contributed by atoms with Crippen molar-refractivity contribution >= 4 is 46.7 Å². The van der Waals surface area contributed by atoms with Gasteiger partial charge < -0.3 is 10.1 Å². The average molecular weight is 467 g/mol. The highest BCUT2D eigenvalue weighted by molar-refractivity contribution is 6.33. The number of aliphatic imine (C=N–C) groups is 1. The van der Waals surface area contributed by atoms with Crippen LogP contribution in [-0.4, -0.2) is 18.7 Å². The summed E-state index contributed by atoms with van der Waals surface area (Å²) in [6.45, 7) is -0.219. The summed E-state index contributed by atoms with van der Waals surface area (Å²) in [5.41, 5.74) is 0.299. The molecule has 0 radical (unpaired) electrons. The van der Waals surface area contributed by atoms with Crippen LogP contribution in [0.4, 0.5) is 24.5 Å². The Bertz CT molecular complexity index is 1100. The second-order valence-corrected chi connectivity index (χ2v) is 7.12. The Morgan fingerprint density at radius 3 is 2.39 bits per heavy atom. The van der Waals surface area contributed by atoms with Crippen molar-refractivity contribution in [2.24, 2.45) is 4.99 Å². The van der Waals surface area contributed by atoms with Crippen LogP contribution >= 0.6 is 23.2 Å². The molecular weight excluding hydrogens is 452 g/mol. The summed E-state index contributed by atoms with van der Waals surface area (Å²) in [6.07, 6.45) is -3.14. The normalized spacial score (nSPS) is 11.5. The van der Waals surface area contributed by atoms with E-state index >= 15 is 0 Å². The predicted octanol–water partition coefficient (Wildman–Crippen LogP) is 6.78. The van der Waals surface area contributed by atoms with E-state index < -0.39 is 11.7 Å². The standard InChI is InChI=1S/C22H15Cl2F3N2O2/c23-18-10-7-15(11-17(18)22(25,26)27)28-12-14-5-8-16(9-6-14)31-13-21(30)29-20-4-2-1-3-19(20)24/h1-12H,13H2,(H,29,30). The van der Waals surface area contributed by atoms with Crippen molar-refractivity contribution in [3.05, 3.63) is 87.9 Å². The number of nitrogens with one attached hydrogen (secondary N) is 1. The fourth-order valence-corrected chi connectivity index (χ4v) is 2.92. The monoisotopic (exact) mass is 466 g/mol. The fourth-order valence-electron chi connectivity index (χ4n) is 2.51. The summed E-state index contributed by atoms with van der Waals surface area (Å²) < 4.78 is 44.2. The minimum atomic E-state index is -4.56. The number of para-hydroxylation sites is 1. The van der Waals surface area contributed by atoms with Crippen molar-refractivity contribution in [1.29, 1.82) is 0 Å². The molecule has 3 aromatic rings. The summed E-state index contributed by atoms with van der Waals surface area (Å²) in [6, 6.07) is 16.8. The van der Waals surface area contributed by atoms with E-state index in [4.69, 9.17) is 27.9 Å². The highest BCUT2D eigenvalue weighted by Gasteiger charge is 2.33. The van der Waals surface area contributed by atoms with Gasteiger partial charge in [-0.3, -0.25) is 9.79 Å². The van der Waals surface area contributed by atoms with E-state index in [1.165, 1.54) is 12.3 Å². The zero-order valence-corrected chi connectivity index (χ0v) is 17.3. The molecule has 0 heterocycles. The average Bonchev–Trinajstić information content (AvgIpc) is 2.73. The summed E-state index contributed by atoms with van der Waals surface area (Å²) in [5.74, 6) is 0.0688. The highest BCUT2D eigenvalue weighted by Crippen LogP contribution is 2.36. The van der Waals surface area contributed by atoms with Crippen molar-refractivity contribution < 1.29 is 22.7 Å². The molecule has 0 aliphatic carbocycles. The Labute approximate surface area is 186 Å². The van der Waals surface area contributed by atoms with Gasteiger partial charge in [-0.25, -0.2) is 0 Å². The molecule has 0 fully saturated rings. The number of rotatable bonds is 6. The van der Waals surface area contributed by atoms with Gasteiger partial charge in [0.1, 0.15) is 5.75 Å². The first kappa shape index (κ1) is 22.7. The van der Waals surface area contributed by atoms with E-state index in [0.717, 1.165) is 12.1 Å². The van der Waals surface area contributed by atoms with Crippen LogP contribution in [0.1, 0.15) is 11.1 Å². The summed E-state index contributed by atoms with van der Waals surface area (Å²) in [4.78, 5) is 16.0.